The second kappa shape index (κ2) is 8.16. The van der Waals surface area contributed by atoms with E-state index in [4.69, 9.17) is 5.73 Å². The van der Waals surface area contributed by atoms with Crippen molar-refractivity contribution in [1.82, 2.24) is 9.80 Å². The van der Waals surface area contributed by atoms with E-state index in [9.17, 15) is 34.8 Å². The molecule has 184 valence electrons. The minimum Gasteiger partial charge on any atom is -0.507 e. The third kappa shape index (κ3) is 3.28. The van der Waals surface area contributed by atoms with Gasteiger partial charge in [0.1, 0.15) is 17.4 Å². The molecule has 2 fully saturated rings. The molecule has 0 aromatic heterocycles. The summed E-state index contributed by atoms with van der Waals surface area (Å²) in [5, 5.41) is 44.1. The van der Waals surface area contributed by atoms with Crippen LogP contribution in [0.15, 0.2) is 17.7 Å². The van der Waals surface area contributed by atoms with Crippen LogP contribution < -0.4 is 5.73 Å². The number of hydrogen-bond donors (Lipinski definition) is 5. The maximum atomic E-state index is 13.7. The summed E-state index contributed by atoms with van der Waals surface area (Å²) in [7, 11) is 7.02. The number of Topliss-reactive ketones (excluding diaryl/α,β-unsaturated/α-hetero) is 2. The Balaban J connectivity index is 1.91. The zero-order valence-electron chi connectivity index (χ0n) is 19.6. The first-order valence-corrected chi connectivity index (χ1v) is 11.2. The van der Waals surface area contributed by atoms with Gasteiger partial charge in [0.05, 0.1) is 11.7 Å². The van der Waals surface area contributed by atoms with Gasteiger partial charge in [-0.15, -0.1) is 0 Å². The van der Waals surface area contributed by atoms with Crippen molar-refractivity contribution < 1.29 is 34.8 Å². The molecule has 4 rings (SSSR count). The number of hydrogen-bond acceptors (Lipinski definition) is 9. The predicted molar refractivity (Wildman–Crippen MR) is 121 cm³/mol. The number of fused-ring (bicyclic) bond motifs is 3. The highest BCUT2D eigenvalue weighted by molar-refractivity contribution is 6.25. The molecule has 0 radical (unpaired) electrons. The van der Waals surface area contributed by atoms with Crippen LogP contribution in [0.2, 0.25) is 0 Å². The number of rotatable bonds is 4. The van der Waals surface area contributed by atoms with E-state index in [-0.39, 0.29) is 23.3 Å². The molecule has 34 heavy (non-hydrogen) atoms. The fourth-order valence-corrected chi connectivity index (χ4v) is 6.16. The Morgan fingerprint density at radius 2 is 1.82 bits per heavy atom. The van der Waals surface area contributed by atoms with Crippen LogP contribution in [0.3, 0.4) is 0 Å². The Morgan fingerprint density at radius 3 is 2.38 bits per heavy atom. The lowest BCUT2D eigenvalue weighted by molar-refractivity contribution is -0.184. The van der Waals surface area contributed by atoms with E-state index in [1.807, 2.05) is 19.0 Å². The third-order valence-corrected chi connectivity index (χ3v) is 7.56. The Hall–Kier alpha value is -2.79. The molecule has 1 amide bonds. The quantitative estimate of drug-likeness (QED) is 0.352. The molecule has 10 heteroatoms. The first-order chi connectivity index (χ1) is 15.8. The molecule has 0 bridgehead atoms. The monoisotopic (exact) mass is 473 g/mol. The van der Waals surface area contributed by atoms with E-state index in [1.165, 1.54) is 6.07 Å². The van der Waals surface area contributed by atoms with E-state index < -0.39 is 58.7 Å². The van der Waals surface area contributed by atoms with Crippen molar-refractivity contribution in [3.05, 3.63) is 34.4 Å². The normalized spacial score (nSPS) is 33.1. The maximum Gasteiger partial charge on any atom is 0.230 e. The summed E-state index contributed by atoms with van der Waals surface area (Å²) in [6.45, 7) is 0.539. The van der Waals surface area contributed by atoms with Gasteiger partial charge in [-0.1, -0.05) is 6.07 Å². The number of benzene rings is 1. The highest BCUT2D eigenvalue weighted by Gasteiger charge is 2.67. The lowest BCUT2D eigenvalue weighted by Gasteiger charge is -2.53. The number of nitrogens with zero attached hydrogens (tertiary/aromatic N) is 2. The number of aliphatic hydroxyl groups is 3. The van der Waals surface area contributed by atoms with E-state index in [0.717, 1.165) is 5.56 Å². The molecule has 10 nitrogen and oxygen atoms in total. The average molecular weight is 474 g/mol. The van der Waals surface area contributed by atoms with Gasteiger partial charge in [0.15, 0.2) is 11.4 Å². The van der Waals surface area contributed by atoms with Crippen LogP contribution in [-0.4, -0.2) is 93.6 Å². The zero-order chi connectivity index (χ0) is 25.3. The molecular weight excluding hydrogens is 442 g/mol. The molecule has 3 aliphatic carbocycles. The number of carbonyl (C=O) groups is 3. The Labute approximate surface area is 197 Å². The van der Waals surface area contributed by atoms with Crippen LogP contribution in [0.5, 0.6) is 5.75 Å². The summed E-state index contributed by atoms with van der Waals surface area (Å²) in [6.07, 6.45) is -1.09. The molecule has 1 aromatic rings. The minimum atomic E-state index is -2.64. The van der Waals surface area contributed by atoms with Gasteiger partial charge in [-0.25, -0.2) is 0 Å². The molecule has 0 spiro atoms. The first kappa shape index (κ1) is 24.3. The fraction of sp³-hybridized carbons (Fsp3) is 0.542. The average Bonchev–Trinajstić information content (AvgIpc) is 2.72. The molecule has 5 unspecified atom stereocenters. The summed E-state index contributed by atoms with van der Waals surface area (Å²) >= 11 is 0. The van der Waals surface area contributed by atoms with Crippen molar-refractivity contribution in [3.8, 4) is 5.75 Å². The third-order valence-electron chi connectivity index (χ3n) is 7.56. The molecule has 0 heterocycles. The number of amides is 1. The fourth-order valence-electron chi connectivity index (χ4n) is 6.16. The van der Waals surface area contributed by atoms with E-state index in [1.54, 1.807) is 25.1 Å². The van der Waals surface area contributed by atoms with Crippen molar-refractivity contribution in [2.45, 2.75) is 37.1 Å². The van der Waals surface area contributed by atoms with Crippen molar-refractivity contribution in [2.24, 2.45) is 23.5 Å². The number of ketones is 2. The Morgan fingerprint density at radius 1 is 1.18 bits per heavy atom. The molecule has 0 saturated heterocycles. The zero-order valence-corrected chi connectivity index (χ0v) is 19.6. The summed E-state index contributed by atoms with van der Waals surface area (Å²) in [6, 6.07) is 2.30. The van der Waals surface area contributed by atoms with Gasteiger partial charge in [-0.3, -0.25) is 14.4 Å². The van der Waals surface area contributed by atoms with Crippen molar-refractivity contribution in [1.29, 1.82) is 0 Å². The van der Waals surface area contributed by atoms with Crippen molar-refractivity contribution in [3.63, 3.8) is 0 Å². The summed E-state index contributed by atoms with van der Waals surface area (Å²) < 4.78 is 0. The van der Waals surface area contributed by atoms with Gasteiger partial charge in [-0.05, 0) is 64.1 Å². The second-order valence-electron chi connectivity index (χ2n) is 10.1. The topological polar surface area (TPSA) is 165 Å². The number of carbonyl (C=O) groups excluding carboxylic acids is 3. The van der Waals surface area contributed by atoms with Crippen LogP contribution >= 0.6 is 0 Å². The van der Waals surface area contributed by atoms with Gasteiger partial charge in [0.25, 0.3) is 0 Å². The molecular formula is C24H31N3O7. The number of nitrogens with two attached hydrogens (primary N) is 1. The minimum absolute atomic E-state index is 0.106. The van der Waals surface area contributed by atoms with Gasteiger partial charge in [-0.2, -0.15) is 0 Å². The maximum absolute atomic E-state index is 13.7. The van der Waals surface area contributed by atoms with Gasteiger partial charge < -0.3 is 36.0 Å². The predicted octanol–water partition coefficient (Wildman–Crippen LogP) is -0.809. The molecule has 0 aliphatic heterocycles. The van der Waals surface area contributed by atoms with Crippen molar-refractivity contribution >= 4 is 23.2 Å². The summed E-state index contributed by atoms with van der Waals surface area (Å²) in [5.74, 6) is -7.34. The molecule has 1 aromatic carbocycles. The highest BCUT2D eigenvalue weighted by Crippen LogP contribution is 2.52. The lowest BCUT2D eigenvalue weighted by atomic mass is 9.54. The number of primary amides is 1. The SMILES string of the molecule is CN(C)Cc1ccc(O)c2c1CC1CC3C(N(C)C)C(O)C(C(N)=O)C(=O)[C@@]3(O)C(=O)C1=C2O. The second-order valence-corrected chi connectivity index (χ2v) is 10.1. The molecule has 6 atom stereocenters. The van der Waals surface area contributed by atoms with Gasteiger partial charge in [0.2, 0.25) is 11.7 Å². The highest BCUT2D eigenvalue weighted by atomic mass is 16.3. The first-order valence-electron chi connectivity index (χ1n) is 11.2. The van der Waals surface area contributed by atoms with Gasteiger partial charge >= 0.3 is 0 Å². The summed E-state index contributed by atoms with van der Waals surface area (Å²) in [5.41, 5.74) is 4.27. The standard InChI is InChI=1S/C24H31N3O7/c1-26(2)9-10-5-6-14(28)16-12(10)7-11-8-13-18(27(3)4)20(30)17(23(25)33)22(32)24(13,34)21(31)15(11)19(16)29/h5-6,11,13,17-18,20,28-30,34H,7-9H2,1-4H3,(H2,25,33)/t11?,13?,17?,18?,20?,24-/m0/s1. The number of phenols is 1. The smallest absolute Gasteiger partial charge is 0.230 e. The number of phenolic OH excluding ortho intramolecular Hbond substituents is 1. The molecule has 6 N–H and O–H groups in total. The van der Waals surface area contributed by atoms with E-state index in [0.29, 0.717) is 18.5 Å². The van der Waals surface area contributed by atoms with Crippen LogP contribution in [0.1, 0.15) is 23.1 Å². The van der Waals surface area contributed by atoms with E-state index >= 15 is 0 Å². The Bertz CT molecular complexity index is 1110. The van der Waals surface area contributed by atoms with Crippen molar-refractivity contribution in [2.75, 3.05) is 28.2 Å². The lowest BCUT2D eigenvalue weighted by Crippen LogP contribution is -2.73. The molecule has 2 saturated carbocycles. The van der Waals surface area contributed by atoms with Crippen LogP contribution in [0, 0.1) is 17.8 Å². The van der Waals surface area contributed by atoms with Crippen LogP contribution in [-0.2, 0) is 27.3 Å². The number of aromatic hydroxyl groups is 1. The van der Waals surface area contributed by atoms with Gasteiger partial charge in [0, 0.05) is 24.1 Å². The van der Waals surface area contributed by atoms with Crippen LogP contribution in [0.25, 0.3) is 5.76 Å². The molecule has 3 aliphatic rings. The number of aliphatic hydroxyl groups excluding tert-OH is 2. The number of likely N-dealkylation sites (N-methyl/N-ethyl adjacent to an activating group) is 1. The summed E-state index contributed by atoms with van der Waals surface area (Å²) in [4.78, 5) is 42.6. The van der Waals surface area contributed by atoms with E-state index in [2.05, 4.69) is 0 Å². The Kier molecular flexibility index (Phi) is 5.84. The van der Waals surface area contributed by atoms with Crippen LogP contribution in [0.4, 0.5) is 0 Å². The largest absolute Gasteiger partial charge is 0.507 e.